The molecule has 0 aliphatic heterocycles. The van der Waals surface area contributed by atoms with Crippen LogP contribution in [0.25, 0.3) is 22.2 Å². The Morgan fingerprint density at radius 2 is 1.67 bits per heavy atom. The lowest BCUT2D eigenvalue weighted by Gasteiger charge is -2.19. The summed E-state index contributed by atoms with van der Waals surface area (Å²) >= 11 is 0. The Kier molecular flexibility index (Phi) is 3.25. The molecule has 0 amide bonds. The van der Waals surface area contributed by atoms with E-state index in [9.17, 15) is 0 Å². The molecule has 0 unspecified atom stereocenters. The Balaban J connectivity index is 2.04. The largest absolute Gasteiger partial charge is 0.495 e. The van der Waals surface area contributed by atoms with Crippen LogP contribution in [0.1, 0.15) is 26.3 Å². The molecule has 0 atom stereocenters. The molecule has 0 spiro atoms. The van der Waals surface area contributed by atoms with Crippen molar-refractivity contribution in [2.24, 2.45) is 0 Å². The Morgan fingerprint density at radius 1 is 0.952 bits per heavy atom. The number of nitrogens with one attached hydrogen (secondary N) is 1. The molecule has 0 saturated heterocycles. The van der Waals surface area contributed by atoms with Gasteiger partial charge in [0.25, 0.3) is 0 Å². The maximum atomic E-state index is 5.41. The molecule has 0 fully saturated rings. The van der Waals surface area contributed by atoms with Crippen molar-refractivity contribution < 1.29 is 4.74 Å². The van der Waals surface area contributed by atoms with E-state index in [1.807, 2.05) is 12.1 Å². The molecule has 2 heteroatoms. The summed E-state index contributed by atoms with van der Waals surface area (Å²) < 4.78 is 5.41. The van der Waals surface area contributed by atoms with Crippen molar-refractivity contribution in [3.63, 3.8) is 0 Å². The molecule has 3 rings (SSSR count). The molecular formula is C19H21NO. The van der Waals surface area contributed by atoms with Crippen molar-refractivity contribution in [2.45, 2.75) is 26.2 Å². The first-order chi connectivity index (χ1) is 9.99. The second-order valence-electron chi connectivity index (χ2n) is 6.43. The highest BCUT2D eigenvalue weighted by molar-refractivity contribution is 5.90. The summed E-state index contributed by atoms with van der Waals surface area (Å²) in [6, 6.07) is 17.0. The predicted octanol–water partition coefficient (Wildman–Crippen LogP) is 5.14. The molecule has 108 valence electrons. The number of para-hydroxylation sites is 1. The van der Waals surface area contributed by atoms with E-state index in [1.54, 1.807) is 7.11 Å². The van der Waals surface area contributed by atoms with Gasteiger partial charge in [-0.3, -0.25) is 0 Å². The van der Waals surface area contributed by atoms with Gasteiger partial charge in [-0.25, -0.2) is 0 Å². The van der Waals surface area contributed by atoms with E-state index < -0.39 is 0 Å². The van der Waals surface area contributed by atoms with Crippen molar-refractivity contribution >= 4 is 10.9 Å². The third-order valence-corrected chi connectivity index (χ3v) is 3.90. The third kappa shape index (κ3) is 2.54. The van der Waals surface area contributed by atoms with E-state index in [0.29, 0.717) is 0 Å². The average molecular weight is 279 g/mol. The van der Waals surface area contributed by atoms with Crippen molar-refractivity contribution in [1.29, 1.82) is 0 Å². The van der Waals surface area contributed by atoms with E-state index in [0.717, 1.165) is 17.0 Å². The molecule has 0 radical (unpaired) electrons. The number of hydrogen-bond acceptors (Lipinski definition) is 1. The molecule has 1 aromatic heterocycles. The lowest BCUT2D eigenvalue weighted by molar-refractivity contribution is 0.419. The van der Waals surface area contributed by atoms with Gasteiger partial charge in [-0.1, -0.05) is 57.2 Å². The first-order valence-corrected chi connectivity index (χ1v) is 7.26. The van der Waals surface area contributed by atoms with Crippen LogP contribution in [0, 0.1) is 0 Å². The van der Waals surface area contributed by atoms with Gasteiger partial charge in [0.1, 0.15) is 5.75 Å². The number of H-pyrrole nitrogens is 1. The van der Waals surface area contributed by atoms with Crippen LogP contribution >= 0.6 is 0 Å². The maximum absolute atomic E-state index is 5.41. The maximum Gasteiger partial charge on any atom is 0.142 e. The fourth-order valence-electron chi connectivity index (χ4n) is 2.60. The monoisotopic (exact) mass is 279 g/mol. The van der Waals surface area contributed by atoms with Crippen LogP contribution in [0.3, 0.4) is 0 Å². The van der Waals surface area contributed by atoms with Gasteiger partial charge < -0.3 is 9.72 Å². The number of fused-ring (bicyclic) bond motifs is 1. The minimum Gasteiger partial charge on any atom is -0.495 e. The molecule has 0 aliphatic rings. The fraction of sp³-hybridized carbons (Fsp3) is 0.263. The molecule has 3 aromatic rings. The lowest BCUT2D eigenvalue weighted by atomic mass is 9.86. The Labute approximate surface area is 125 Å². The Hall–Kier alpha value is -2.22. The molecular weight excluding hydrogens is 258 g/mol. The van der Waals surface area contributed by atoms with Crippen molar-refractivity contribution in [1.82, 2.24) is 4.98 Å². The second kappa shape index (κ2) is 4.96. The van der Waals surface area contributed by atoms with Gasteiger partial charge in [-0.15, -0.1) is 0 Å². The number of methoxy groups -OCH3 is 1. The van der Waals surface area contributed by atoms with Gasteiger partial charge in [-0.05, 0) is 28.7 Å². The minimum atomic E-state index is 0.183. The van der Waals surface area contributed by atoms with Crippen LogP contribution < -0.4 is 4.74 Å². The summed E-state index contributed by atoms with van der Waals surface area (Å²) in [7, 11) is 1.70. The van der Waals surface area contributed by atoms with Gasteiger partial charge in [0, 0.05) is 11.1 Å². The zero-order valence-electron chi connectivity index (χ0n) is 13.0. The van der Waals surface area contributed by atoms with Gasteiger partial charge >= 0.3 is 0 Å². The summed E-state index contributed by atoms with van der Waals surface area (Å²) in [5.74, 6) is 0.880. The molecule has 2 nitrogen and oxygen atoms in total. The predicted molar refractivity (Wildman–Crippen MR) is 89.0 cm³/mol. The number of ether oxygens (including phenoxy) is 1. The van der Waals surface area contributed by atoms with Crippen molar-refractivity contribution in [3.05, 3.63) is 54.1 Å². The molecule has 21 heavy (non-hydrogen) atoms. The van der Waals surface area contributed by atoms with E-state index in [1.165, 1.54) is 16.5 Å². The number of rotatable bonds is 2. The first-order valence-electron chi connectivity index (χ1n) is 7.26. The highest BCUT2D eigenvalue weighted by Crippen LogP contribution is 2.31. The summed E-state index contributed by atoms with van der Waals surface area (Å²) in [6.07, 6.45) is 0. The topological polar surface area (TPSA) is 25.0 Å². The van der Waals surface area contributed by atoms with Gasteiger partial charge in [0.2, 0.25) is 0 Å². The van der Waals surface area contributed by atoms with Crippen molar-refractivity contribution in [3.8, 4) is 17.0 Å². The normalized spacial score (nSPS) is 11.8. The molecule has 0 saturated carbocycles. The number of aromatic nitrogens is 1. The third-order valence-electron chi connectivity index (χ3n) is 3.90. The van der Waals surface area contributed by atoms with Crippen LogP contribution in [-0.2, 0) is 5.41 Å². The highest BCUT2D eigenvalue weighted by atomic mass is 16.5. The Morgan fingerprint density at radius 3 is 2.29 bits per heavy atom. The van der Waals surface area contributed by atoms with Crippen molar-refractivity contribution in [2.75, 3.05) is 7.11 Å². The molecule has 0 bridgehead atoms. The fourth-order valence-corrected chi connectivity index (χ4v) is 2.60. The summed E-state index contributed by atoms with van der Waals surface area (Å²) in [5.41, 5.74) is 4.90. The van der Waals surface area contributed by atoms with Gasteiger partial charge in [0.15, 0.2) is 0 Å². The van der Waals surface area contributed by atoms with E-state index >= 15 is 0 Å². The number of hydrogen-bond donors (Lipinski definition) is 1. The van der Waals surface area contributed by atoms with Gasteiger partial charge in [-0.2, -0.15) is 0 Å². The zero-order valence-corrected chi connectivity index (χ0v) is 13.0. The summed E-state index contributed by atoms with van der Waals surface area (Å²) in [4.78, 5) is 3.46. The molecule has 1 N–H and O–H groups in total. The minimum absolute atomic E-state index is 0.183. The SMILES string of the molecule is COc1cccc2cc(-c3ccc(C(C)(C)C)cc3)[nH]c12. The van der Waals surface area contributed by atoms with E-state index in [4.69, 9.17) is 4.74 Å². The summed E-state index contributed by atoms with van der Waals surface area (Å²) in [5, 5.41) is 1.17. The number of aromatic amines is 1. The highest BCUT2D eigenvalue weighted by Gasteiger charge is 2.13. The molecule has 1 heterocycles. The zero-order chi connectivity index (χ0) is 15.0. The smallest absolute Gasteiger partial charge is 0.142 e. The quantitative estimate of drug-likeness (QED) is 0.690. The number of benzene rings is 2. The lowest BCUT2D eigenvalue weighted by Crippen LogP contribution is -2.10. The summed E-state index contributed by atoms with van der Waals surface area (Å²) in [6.45, 7) is 6.70. The van der Waals surface area contributed by atoms with Crippen LogP contribution in [0.5, 0.6) is 5.75 Å². The Bertz CT molecular complexity index is 760. The van der Waals surface area contributed by atoms with Gasteiger partial charge in [0.05, 0.1) is 12.6 Å². The second-order valence-corrected chi connectivity index (χ2v) is 6.43. The van der Waals surface area contributed by atoms with Crippen LogP contribution in [-0.4, -0.2) is 12.1 Å². The average Bonchev–Trinajstić information content (AvgIpc) is 2.90. The first kappa shape index (κ1) is 13.7. The molecule has 2 aromatic carbocycles. The van der Waals surface area contributed by atoms with Crippen LogP contribution in [0.15, 0.2) is 48.5 Å². The standard InChI is InChI=1S/C19H21NO/c1-19(2,3)15-10-8-13(9-11-15)16-12-14-6-5-7-17(21-4)18(14)20-16/h5-12,20H,1-4H3. The van der Waals surface area contributed by atoms with Crippen LogP contribution in [0.4, 0.5) is 0 Å². The van der Waals surface area contributed by atoms with Crippen LogP contribution in [0.2, 0.25) is 0 Å². The molecule has 0 aliphatic carbocycles. The van der Waals surface area contributed by atoms with E-state index in [-0.39, 0.29) is 5.41 Å². The van der Waals surface area contributed by atoms with E-state index in [2.05, 4.69) is 62.2 Å².